The highest BCUT2D eigenvalue weighted by Crippen LogP contribution is 2.39. The first-order valence-corrected chi connectivity index (χ1v) is 5.49. The third-order valence-electron chi connectivity index (χ3n) is 3.25. The molecule has 0 saturated carbocycles. The van der Waals surface area contributed by atoms with Crippen molar-refractivity contribution in [2.24, 2.45) is 0 Å². The Bertz CT molecular complexity index is 230. The van der Waals surface area contributed by atoms with Gasteiger partial charge >= 0.3 is 0 Å². The molecular formula is C12H23NO2. The first kappa shape index (κ1) is 12.7. The lowest BCUT2D eigenvalue weighted by molar-refractivity contribution is -0.145. The summed E-state index contributed by atoms with van der Waals surface area (Å²) >= 11 is 0. The third kappa shape index (κ3) is 2.41. The van der Waals surface area contributed by atoms with Crippen molar-refractivity contribution in [1.82, 2.24) is 4.90 Å². The van der Waals surface area contributed by atoms with Gasteiger partial charge in [-0.1, -0.05) is 6.58 Å². The second-order valence-electron chi connectivity index (χ2n) is 5.71. The van der Waals surface area contributed by atoms with Gasteiger partial charge in [-0.3, -0.25) is 4.90 Å². The lowest BCUT2D eigenvalue weighted by Crippen LogP contribution is -2.64. The first-order valence-electron chi connectivity index (χ1n) is 5.49. The first-order chi connectivity index (χ1) is 6.70. The van der Waals surface area contributed by atoms with Gasteiger partial charge in [-0.15, -0.1) is 0 Å². The van der Waals surface area contributed by atoms with Crippen LogP contribution in [0.25, 0.3) is 0 Å². The molecule has 0 bridgehead atoms. The van der Waals surface area contributed by atoms with Crippen LogP contribution < -0.4 is 0 Å². The van der Waals surface area contributed by atoms with Crippen molar-refractivity contribution >= 4 is 0 Å². The molecule has 1 aliphatic rings. The minimum Gasteiger partial charge on any atom is -0.393 e. The summed E-state index contributed by atoms with van der Waals surface area (Å²) in [7, 11) is 0. The van der Waals surface area contributed by atoms with E-state index in [9.17, 15) is 10.2 Å². The van der Waals surface area contributed by atoms with Gasteiger partial charge in [-0.25, -0.2) is 0 Å². The Morgan fingerprint density at radius 1 is 1.27 bits per heavy atom. The van der Waals surface area contributed by atoms with E-state index in [1.165, 1.54) is 0 Å². The van der Waals surface area contributed by atoms with Gasteiger partial charge < -0.3 is 10.2 Å². The van der Waals surface area contributed by atoms with Gasteiger partial charge in [0.15, 0.2) is 0 Å². The normalized spacial score (nSPS) is 28.7. The summed E-state index contributed by atoms with van der Waals surface area (Å²) in [5, 5.41) is 19.8. The fourth-order valence-corrected chi connectivity index (χ4v) is 3.06. The minimum absolute atomic E-state index is 0.214. The Kier molecular flexibility index (Phi) is 3.29. The van der Waals surface area contributed by atoms with E-state index >= 15 is 0 Å². The molecule has 0 aliphatic carbocycles. The average Bonchev–Trinajstić information content (AvgIpc) is 1.97. The number of aliphatic hydroxyl groups is 2. The Morgan fingerprint density at radius 2 is 1.67 bits per heavy atom. The van der Waals surface area contributed by atoms with Crippen LogP contribution in [-0.2, 0) is 0 Å². The molecule has 1 unspecified atom stereocenters. The zero-order valence-electron chi connectivity index (χ0n) is 10.2. The van der Waals surface area contributed by atoms with Gasteiger partial charge in [0.2, 0.25) is 0 Å². The van der Waals surface area contributed by atoms with E-state index in [1.807, 2.05) is 32.6 Å². The van der Waals surface area contributed by atoms with Gasteiger partial charge in [0, 0.05) is 11.1 Å². The van der Waals surface area contributed by atoms with Crippen LogP contribution in [0.15, 0.2) is 12.7 Å². The van der Waals surface area contributed by atoms with E-state index in [0.29, 0.717) is 12.8 Å². The van der Waals surface area contributed by atoms with Crippen molar-refractivity contribution in [3.05, 3.63) is 12.7 Å². The van der Waals surface area contributed by atoms with Crippen molar-refractivity contribution in [3.63, 3.8) is 0 Å². The molecule has 0 aromatic rings. The monoisotopic (exact) mass is 213 g/mol. The van der Waals surface area contributed by atoms with E-state index in [0.717, 1.165) is 0 Å². The van der Waals surface area contributed by atoms with Crippen molar-refractivity contribution in [2.45, 2.75) is 63.9 Å². The Labute approximate surface area is 92.4 Å². The highest BCUT2D eigenvalue weighted by atomic mass is 16.3. The highest BCUT2D eigenvalue weighted by Gasteiger charge is 2.46. The maximum Gasteiger partial charge on any atom is 0.127 e. The number of nitrogens with zero attached hydrogens (tertiary/aromatic N) is 1. The molecule has 1 atom stereocenters. The molecule has 0 aromatic heterocycles. The van der Waals surface area contributed by atoms with Crippen molar-refractivity contribution in [1.29, 1.82) is 0 Å². The Morgan fingerprint density at radius 3 is 2.00 bits per heavy atom. The second kappa shape index (κ2) is 3.89. The zero-order chi connectivity index (χ0) is 11.9. The fourth-order valence-electron chi connectivity index (χ4n) is 3.06. The molecular weight excluding hydrogens is 190 g/mol. The largest absolute Gasteiger partial charge is 0.393 e. The number of likely N-dealkylation sites (tertiary alicyclic amines) is 1. The van der Waals surface area contributed by atoms with Crippen molar-refractivity contribution in [2.75, 3.05) is 0 Å². The van der Waals surface area contributed by atoms with E-state index < -0.39 is 6.23 Å². The number of hydrogen-bond acceptors (Lipinski definition) is 3. The number of piperidine rings is 1. The Balaban J connectivity index is 3.02. The fraction of sp³-hybridized carbons (Fsp3) is 0.833. The smallest absolute Gasteiger partial charge is 0.127 e. The predicted molar refractivity (Wildman–Crippen MR) is 61.4 cm³/mol. The second-order valence-corrected chi connectivity index (χ2v) is 5.71. The van der Waals surface area contributed by atoms with Crippen LogP contribution in [0, 0.1) is 0 Å². The molecule has 0 radical (unpaired) electrons. The maximum atomic E-state index is 9.97. The van der Waals surface area contributed by atoms with Crippen molar-refractivity contribution in [3.8, 4) is 0 Å². The van der Waals surface area contributed by atoms with Crippen LogP contribution in [-0.4, -0.2) is 38.5 Å². The Hall–Kier alpha value is -0.380. The summed E-state index contributed by atoms with van der Waals surface area (Å²) in [6, 6.07) is 0. The van der Waals surface area contributed by atoms with Gasteiger partial charge in [-0.05, 0) is 46.6 Å². The summed E-state index contributed by atoms with van der Waals surface area (Å²) in [4.78, 5) is 2.03. The molecule has 1 fully saturated rings. The zero-order valence-corrected chi connectivity index (χ0v) is 10.2. The molecule has 3 heteroatoms. The summed E-state index contributed by atoms with van der Waals surface area (Å²) < 4.78 is 0. The molecule has 1 heterocycles. The molecule has 1 aliphatic heterocycles. The molecule has 0 amide bonds. The topological polar surface area (TPSA) is 43.7 Å². The van der Waals surface area contributed by atoms with Crippen LogP contribution in [0.5, 0.6) is 0 Å². The van der Waals surface area contributed by atoms with E-state index in [2.05, 4.69) is 6.58 Å². The van der Waals surface area contributed by atoms with Gasteiger partial charge in [-0.2, -0.15) is 0 Å². The van der Waals surface area contributed by atoms with E-state index in [4.69, 9.17) is 0 Å². The molecule has 0 aromatic carbocycles. The third-order valence-corrected chi connectivity index (χ3v) is 3.25. The SMILES string of the molecule is C=CC(O)N1C(C)(C)CC(O)CC1(C)C. The summed E-state index contributed by atoms with van der Waals surface area (Å²) in [6.07, 6.45) is 1.97. The van der Waals surface area contributed by atoms with Gasteiger partial charge in [0.05, 0.1) is 6.10 Å². The molecule has 15 heavy (non-hydrogen) atoms. The number of rotatable bonds is 2. The maximum absolute atomic E-state index is 9.97. The molecule has 0 spiro atoms. The summed E-state index contributed by atoms with van der Waals surface area (Å²) in [5.74, 6) is 0. The summed E-state index contributed by atoms with van der Waals surface area (Å²) in [6.45, 7) is 11.8. The van der Waals surface area contributed by atoms with Crippen LogP contribution >= 0.6 is 0 Å². The number of aliphatic hydroxyl groups excluding tert-OH is 2. The van der Waals surface area contributed by atoms with Crippen LogP contribution in [0.2, 0.25) is 0 Å². The van der Waals surface area contributed by atoms with Crippen LogP contribution in [0.3, 0.4) is 0 Å². The highest BCUT2D eigenvalue weighted by molar-refractivity contribution is 5.03. The molecule has 1 rings (SSSR count). The molecule has 88 valence electrons. The molecule has 1 saturated heterocycles. The average molecular weight is 213 g/mol. The van der Waals surface area contributed by atoms with Gasteiger partial charge in [0.1, 0.15) is 6.23 Å². The summed E-state index contributed by atoms with van der Waals surface area (Å²) in [5.41, 5.74) is -0.427. The van der Waals surface area contributed by atoms with Crippen LogP contribution in [0.4, 0.5) is 0 Å². The minimum atomic E-state index is -0.650. The molecule has 3 nitrogen and oxygen atoms in total. The quantitative estimate of drug-likeness (QED) is 0.683. The van der Waals surface area contributed by atoms with E-state index in [-0.39, 0.29) is 17.2 Å². The standard InChI is InChI=1S/C12H23NO2/c1-6-10(15)13-11(2,3)7-9(14)8-12(13,4)5/h6,9-10,14-15H,1,7-8H2,2-5H3. The lowest BCUT2D eigenvalue weighted by atomic mass is 9.78. The lowest BCUT2D eigenvalue weighted by Gasteiger charge is -2.55. The van der Waals surface area contributed by atoms with Gasteiger partial charge in [0.25, 0.3) is 0 Å². The van der Waals surface area contributed by atoms with E-state index in [1.54, 1.807) is 6.08 Å². The van der Waals surface area contributed by atoms with Crippen molar-refractivity contribution < 1.29 is 10.2 Å². The number of hydrogen-bond donors (Lipinski definition) is 2. The predicted octanol–water partition coefficient (Wildman–Crippen LogP) is 1.50. The van der Waals surface area contributed by atoms with Crippen LogP contribution in [0.1, 0.15) is 40.5 Å². The molecule has 2 N–H and O–H groups in total.